The van der Waals surface area contributed by atoms with Crippen molar-refractivity contribution in [2.75, 3.05) is 25.2 Å². The molecule has 2 unspecified atom stereocenters. The van der Waals surface area contributed by atoms with Gasteiger partial charge >= 0.3 is 0 Å². The van der Waals surface area contributed by atoms with Gasteiger partial charge in [0.25, 0.3) is 0 Å². The quantitative estimate of drug-likeness (QED) is 0.677. The molecule has 1 heterocycles. The molecule has 3 heteroatoms. The third-order valence-electron chi connectivity index (χ3n) is 1.77. The standard InChI is InChI=1S/C8H15BrO2/c1-7(4-9)5-11-8-2-3-10-6-8/h7-8H,2-6H2,1H3. The van der Waals surface area contributed by atoms with E-state index < -0.39 is 0 Å². The average molecular weight is 223 g/mol. The molecule has 0 spiro atoms. The van der Waals surface area contributed by atoms with Gasteiger partial charge in [-0.15, -0.1) is 0 Å². The maximum atomic E-state index is 5.60. The zero-order valence-corrected chi connectivity index (χ0v) is 8.47. The summed E-state index contributed by atoms with van der Waals surface area (Å²) in [5.74, 6) is 0.607. The number of alkyl halides is 1. The first-order valence-electron chi connectivity index (χ1n) is 4.08. The van der Waals surface area contributed by atoms with Crippen LogP contribution in [0.4, 0.5) is 0 Å². The van der Waals surface area contributed by atoms with Crippen molar-refractivity contribution in [3.63, 3.8) is 0 Å². The molecule has 1 aliphatic heterocycles. The zero-order valence-electron chi connectivity index (χ0n) is 6.88. The van der Waals surface area contributed by atoms with Crippen LogP contribution < -0.4 is 0 Å². The summed E-state index contributed by atoms with van der Waals surface area (Å²) >= 11 is 3.41. The Morgan fingerprint density at radius 2 is 2.55 bits per heavy atom. The lowest BCUT2D eigenvalue weighted by molar-refractivity contribution is 0.0289. The fraction of sp³-hybridized carbons (Fsp3) is 1.00. The average Bonchev–Trinajstić information content (AvgIpc) is 2.52. The van der Waals surface area contributed by atoms with Crippen molar-refractivity contribution >= 4 is 15.9 Å². The van der Waals surface area contributed by atoms with E-state index in [0.717, 1.165) is 31.6 Å². The lowest BCUT2D eigenvalue weighted by atomic mass is 10.2. The molecule has 0 aromatic rings. The maximum absolute atomic E-state index is 5.60. The van der Waals surface area contributed by atoms with Crippen LogP contribution in [0.5, 0.6) is 0 Å². The highest BCUT2D eigenvalue weighted by atomic mass is 79.9. The Hall–Kier alpha value is 0.400. The summed E-state index contributed by atoms with van der Waals surface area (Å²) in [6.45, 7) is 4.67. The van der Waals surface area contributed by atoms with E-state index in [1.54, 1.807) is 0 Å². The number of hydrogen-bond donors (Lipinski definition) is 0. The zero-order chi connectivity index (χ0) is 8.10. The van der Waals surface area contributed by atoms with Crippen LogP contribution in [0.3, 0.4) is 0 Å². The first-order chi connectivity index (χ1) is 5.33. The van der Waals surface area contributed by atoms with Crippen molar-refractivity contribution in [1.82, 2.24) is 0 Å². The minimum absolute atomic E-state index is 0.358. The molecular formula is C8H15BrO2. The highest BCUT2D eigenvalue weighted by Crippen LogP contribution is 2.10. The van der Waals surface area contributed by atoms with Gasteiger partial charge in [0.15, 0.2) is 0 Å². The van der Waals surface area contributed by atoms with Crippen LogP contribution >= 0.6 is 15.9 Å². The SMILES string of the molecule is CC(CBr)COC1CCOC1. The second-order valence-corrected chi connectivity index (χ2v) is 3.73. The third kappa shape index (κ3) is 3.54. The van der Waals surface area contributed by atoms with Crippen molar-refractivity contribution in [2.45, 2.75) is 19.4 Å². The van der Waals surface area contributed by atoms with Crippen LogP contribution in [-0.4, -0.2) is 31.3 Å². The van der Waals surface area contributed by atoms with Gasteiger partial charge in [0, 0.05) is 11.9 Å². The summed E-state index contributed by atoms with van der Waals surface area (Å²) in [4.78, 5) is 0. The van der Waals surface area contributed by atoms with Crippen LogP contribution in [0.1, 0.15) is 13.3 Å². The second kappa shape index (κ2) is 5.12. The van der Waals surface area contributed by atoms with E-state index >= 15 is 0 Å². The van der Waals surface area contributed by atoms with Crippen molar-refractivity contribution < 1.29 is 9.47 Å². The van der Waals surface area contributed by atoms with Crippen LogP contribution in [-0.2, 0) is 9.47 Å². The van der Waals surface area contributed by atoms with Gasteiger partial charge in [0.2, 0.25) is 0 Å². The lowest BCUT2D eigenvalue weighted by Crippen LogP contribution is -2.17. The normalized spacial score (nSPS) is 27.3. The van der Waals surface area contributed by atoms with E-state index in [2.05, 4.69) is 22.9 Å². The molecule has 2 nitrogen and oxygen atoms in total. The monoisotopic (exact) mass is 222 g/mol. The summed E-state index contributed by atoms with van der Waals surface area (Å²) in [6, 6.07) is 0. The number of rotatable bonds is 4. The van der Waals surface area contributed by atoms with Crippen molar-refractivity contribution in [3.05, 3.63) is 0 Å². The fourth-order valence-corrected chi connectivity index (χ4v) is 1.18. The van der Waals surface area contributed by atoms with Gasteiger partial charge in [-0.05, 0) is 12.3 Å². The highest BCUT2D eigenvalue weighted by Gasteiger charge is 2.16. The van der Waals surface area contributed by atoms with Crippen LogP contribution in [0.25, 0.3) is 0 Å². The lowest BCUT2D eigenvalue weighted by Gasteiger charge is -2.12. The Labute approximate surface area is 76.4 Å². The smallest absolute Gasteiger partial charge is 0.0830 e. The molecule has 0 aromatic heterocycles. The molecule has 0 bridgehead atoms. The predicted octanol–water partition coefficient (Wildman–Crippen LogP) is 1.82. The largest absolute Gasteiger partial charge is 0.379 e. The number of hydrogen-bond acceptors (Lipinski definition) is 2. The van der Waals surface area contributed by atoms with E-state index in [4.69, 9.17) is 9.47 Å². The molecule has 0 aromatic carbocycles. The molecule has 0 radical (unpaired) electrons. The molecule has 0 N–H and O–H groups in total. The minimum Gasteiger partial charge on any atom is -0.379 e. The number of ether oxygens (including phenoxy) is 2. The Kier molecular flexibility index (Phi) is 4.41. The highest BCUT2D eigenvalue weighted by molar-refractivity contribution is 9.09. The van der Waals surface area contributed by atoms with Crippen molar-refractivity contribution in [3.8, 4) is 0 Å². The van der Waals surface area contributed by atoms with E-state index in [0.29, 0.717) is 12.0 Å². The third-order valence-corrected chi connectivity index (χ3v) is 2.87. The summed E-state index contributed by atoms with van der Waals surface area (Å²) in [5, 5.41) is 1.01. The summed E-state index contributed by atoms with van der Waals surface area (Å²) in [7, 11) is 0. The molecule has 1 saturated heterocycles. The van der Waals surface area contributed by atoms with Crippen molar-refractivity contribution in [2.24, 2.45) is 5.92 Å². The molecule has 0 saturated carbocycles. The Bertz CT molecular complexity index is 102. The second-order valence-electron chi connectivity index (χ2n) is 3.08. The summed E-state index contributed by atoms with van der Waals surface area (Å²) < 4.78 is 10.8. The molecule has 2 atom stereocenters. The fourth-order valence-electron chi connectivity index (χ4n) is 0.989. The van der Waals surface area contributed by atoms with E-state index in [1.165, 1.54) is 0 Å². The topological polar surface area (TPSA) is 18.5 Å². The molecule has 66 valence electrons. The summed E-state index contributed by atoms with van der Waals surface area (Å²) in [6.07, 6.45) is 1.42. The molecular weight excluding hydrogens is 208 g/mol. The Balaban J connectivity index is 2.01. The molecule has 0 amide bonds. The molecule has 1 rings (SSSR count). The van der Waals surface area contributed by atoms with Gasteiger partial charge in [0.05, 0.1) is 19.3 Å². The first-order valence-corrected chi connectivity index (χ1v) is 5.20. The Morgan fingerprint density at radius 3 is 3.09 bits per heavy atom. The molecule has 11 heavy (non-hydrogen) atoms. The van der Waals surface area contributed by atoms with Crippen LogP contribution in [0.15, 0.2) is 0 Å². The molecule has 0 aliphatic carbocycles. The molecule has 1 aliphatic rings. The Morgan fingerprint density at radius 1 is 1.73 bits per heavy atom. The summed E-state index contributed by atoms with van der Waals surface area (Å²) in [5.41, 5.74) is 0. The minimum atomic E-state index is 0.358. The van der Waals surface area contributed by atoms with Gasteiger partial charge in [-0.2, -0.15) is 0 Å². The maximum Gasteiger partial charge on any atom is 0.0830 e. The van der Waals surface area contributed by atoms with Gasteiger partial charge < -0.3 is 9.47 Å². The van der Waals surface area contributed by atoms with E-state index in [-0.39, 0.29) is 0 Å². The van der Waals surface area contributed by atoms with Gasteiger partial charge in [-0.25, -0.2) is 0 Å². The van der Waals surface area contributed by atoms with E-state index in [9.17, 15) is 0 Å². The van der Waals surface area contributed by atoms with Crippen LogP contribution in [0.2, 0.25) is 0 Å². The van der Waals surface area contributed by atoms with Crippen molar-refractivity contribution in [1.29, 1.82) is 0 Å². The predicted molar refractivity (Wildman–Crippen MR) is 48.1 cm³/mol. The number of halogens is 1. The van der Waals surface area contributed by atoms with Gasteiger partial charge in [-0.1, -0.05) is 22.9 Å². The van der Waals surface area contributed by atoms with Gasteiger partial charge in [0.1, 0.15) is 0 Å². The molecule has 1 fully saturated rings. The first kappa shape index (κ1) is 9.49. The van der Waals surface area contributed by atoms with E-state index in [1.807, 2.05) is 0 Å². The van der Waals surface area contributed by atoms with Gasteiger partial charge in [-0.3, -0.25) is 0 Å². The van der Waals surface area contributed by atoms with Crippen LogP contribution in [0, 0.1) is 5.92 Å².